The predicted molar refractivity (Wildman–Crippen MR) is 56.9 cm³/mol. The van der Waals surface area contributed by atoms with Gasteiger partial charge in [-0.15, -0.1) is 0 Å². The number of Topliss-reactive ketones (excluding diaryl/α,β-unsaturated/α-hetero) is 1. The van der Waals surface area contributed by atoms with E-state index >= 15 is 0 Å². The van der Waals surface area contributed by atoms with Gasteiger partial charge in [0.1, 0.15) is 5.78 Å². The van der Waals surface area contributed by atoms with Crippen molar-refractivity contribution in [2.24, 2.45) is 11.3 Å². The smallest absolute Gasteiger partial charge is 0.130 e. The summed E-state index contributed by atoms with van der Waals surface area (Å²) in [4.78, 5) is 11.1. The number of carbonyl (C=O) groups excluding carboxylic acids is 1. The van der Waals surface area contributed by atoms with Gasteiger partial charge in [0, 0.05) is 6.42 Å². The van der Waals surface area contributed by atoms with Crippen LogP contribution in [-0.2, 0) is 4.79 Å². The van der Waals surface area contributed by atoms with Crippen LogP contribution in [-0.4, -0.2) is 17.0 Å². The molecule has 1 rings (SSSR count). The number of hydrogen-bond donors (Lipinski definition) is 1. The normalized spacial score (nSPS) is 31.6. The zero-order valence-corrected chi connectivity index (χ0v) is 9.34. The second kappa shape index (κ2) is 3.85. The highest BCUT2D eigenvalue weighted by atomic mass is 16.3. The SMILES string of the molecule is C=C1C(CC(C)=O)C(C)(C)CC[C@@H]1O. The molecule has 14 heavy (non-hydrogen) atoms. The Morgan fingerprint density at radius 2 is 2.21 bits per heavy atom. The topological polar surface area (TPSA) is 37.3 Å². The molecule has 2 heteroatoms. The standard InChI is InChI=1S/C12H20O2/c1-8(13)7-10-9(2)11(14)5-6-12(10,3)4/h10-11,14H,2,5-7H2,1,3-4H3/t10?,11-/m0/s1. The van der Waals surface area contributed by atoms with Gasteiger partial charge in [0.2, 0.25) is 0 Å². The van der Waals surface area contributed by atoms with Crippen molar-refractivity contribution < 1.29 is 9.90 Å². The summed E-state index contributed by atoms with van der Waals surface area (Å²) < 4.78 is 0. The summed E-state index contributed by atoms with van der Waals surface area (Å²) in [5.41, 5.74) is 0.943. The van der Waals surface area contributed by atoms with Crippen molar-refractivity contribution in [2.45, 2.75) is 46.1 Å². The Kier molecular flexibility index (Phi) is 3.15. The number of ketones is 1. The van der Waals surface area contributed by atoms with Crippen LogP contribution in [0.3, 0.4) is 0 Å². The fraction of sp³-hybridized carbons (Fsp3) is 0.750. The van der Waals surface area contributed by atoms with Crippen molar-refractivity contribution in [2.75, 3.05) is 0 Å². The lowest BCUT2D eigenvalue weighted by Gasteiger charge is -2.42. The van der Waals surface area contributed by atoms with Gasteiger partial charge >= 0.3 is 0 Å². The van der Waals surface area contributed by atoms with E-state index < -0.39 is 6.10 Å². The molecular formula is C12H20O2. The molecule has 80 valence electrons. The average Bonchev–Trinajstić information content (AvgIpc) is 2.06. The van der Waals surface area contributed by atoms with E-state index in [2.05, 4.69) is 20.4 Å². The maximum absolute atomic E-state index is 11.1. The molecule has 1 fully saturated rings. The lowest BCUT2D eigenvalue weighted by atomic mass is 9.64. The van der Waals surface area contributed by atoms with E-state index in [0.717, 1.165) is 18.4 Å². The van der Waals surface area contributed by atoms with E-state index in [4.69, 9.17) is 0 Å². The number of hydrogen-bond acceptors (Lipinski definition) is 2. The number of carbonyl (C=O) groups is 1. The number of aliphatic hydroxyl groups is 1. The highest BCUT2D eigenvalue weighted by molar-refractivity contribution is 5.76. The number of aliphatic hydroxyl groups excluding tert-OH is 1. The van der Waals surface area contributed by atoms with Crippen LogP contribution >= 0.6 is 0 Å². The summed E-state index contributed by atoms with van der Waals surface area (Å²) in [6.45, 7) is 9.83. The van der Waals surface area contributed by atoms with Gasteiger partial charge in [0.25, 0.3) is 0 Å². The van der Waals surface area contributed by atoms with Crippen molar-refractivity contribution in [3.63, 3.8) is 0 Å². The monoisotopic (exact) mass is 196 g/mol. The molecular weight excluding hydrogens is 176 g/mol. The summed E-state index contributed by atoms with van der Waals surface area (Å²) in [7, 11) is 0. The van der Waals surface area contributed by atoms with Crippen LogP contribution in [0.5, 0.6) is 0 Å². The lowest BCUT2D eigenvalue weighted by Crippen LogP contribution is -2.37. The van der Waals surface area contributed by atoms with Crippen molar-refractivity contribution in [1.82, 2.24) is 0 Å². The van der Waals surface area contributed by atoms with E-state index in [1.807, 2.05) is 0 Å². The molecule has 2 atom stereocenters. The molecule has 0 aromatic rings. The van der Waals surface area contributed by atoms with E-state index in [1.54, 1.807) is 6.92 Å². The van der Waals surface area contributed by atoms with Crippen LogP contribution in [0.25, 0.3) is 0 Å². The quantitative estimate of drug-likeness (QED) is 0.688. The first-order valence-electron chi connectivity index (χ1n) is 5.21. The van der Waals surface area contributed by atoms with Crippen LogP contribution < -0.4 is 0 Å². The van der Waals surface area contributed by atoms with E-state index in [-0.39, 0.29) is 17.1 Å². The molecule has 0 amide bonds. The van der Waals surface area contributed by atoms with Crippen molar-refractivity contribution in [3.05, 3.63) is 12.2 Å². The van der Waals surface area contributed by atoms with E-state index in [9.17, 15) is 9.90 Å². The van der Waals surface area contributed by atoms with Crippen LogP contribution in [0.15, 0.2) is 12.2 Å². The van der Waals surface area contributed by atoms with Crippen LogP contribution in [0, 0.1) is 11.3 Å². The Balaban J connectivity index is 2.83. The van der Waals surface area contributed by atoms with Crippen LogP contribution in [0.4, 0.5) is 0 Å². The molecule has 0 spiro atoms. The molecule has 1 saturated carbocycles. The fourth-order valence-corrected chi connectivity index (χ4v) is 2.30. The molecule has 1 aliphatic rings. The minimum absolute atomic E-state index is 0.0992. The van der Waals surface area contributed by atoms with Gasteiger partial charge in [-0.05, 0) is 36.7 Å². The van der Waals surface area contributed by atoms with Crippen LogP contribution in [0.2, 0.25) is 0 Å². The van der Waals surface area contributed by atoms with Gasteiger partial charge in [-0.25, -0.2) is 0 Å². The maximum atomic E-state index is 11.1. The Labute approximate surface area is 86.0 Å². The Bertz CT molecular complexity index is 253. The van der Waals surface area contributed by atoms with Crippen molar-refractivity contribution in [3.8, 4) is 0 Å². The zero-order valence-electron chi connectivity index (χ0n) is 9.34. The molecule has 0 aromatic heterocycles. The Hall–Kier alpha value is -0.630. The predicted octanol–water partition coefficient (Wildman–Crippen LogP) is 2.32. The van der Waals surface area contributed by atoms with Gasteiger partial charge in [0.05, 0.1) is 6.10 Å². The summed E-state index contributed by atoms with van der Waals surface area (Å²) in [6.07, 6.45) is 1.85. The molecule has 1 unspecified atom stereocenters. The van der Waals surface area contributed by atoms with Crippen molar-refractivity contribution >= 4 is 5.78 Å². The molecule has 1 aliphatic carbocycles. The minimum atomic E-state index is -0.410. The fourth-order valence-electron chi connectivity index (χ4n) is 2.30. The molecule has 0 aliphatic heterocycles. The third-order valence-electron chi connectivity index (χ3n) is 3.37. The Morgan fingerprint density at radius 3 is 2.71 bits per heavy atom. The second-order valence-electron chi connectivity index (χ2n) is 5.08. The first-order chi connectivity index (χ1) is 6.34. The Morgan fingerprint density at radius 1 is 1.64 bits per heavy atom. The molecule has 0 heterocycles. The maximum Gasteiger partial charge on any atom is 0.130 e. The van der Waals surface area contributed by atoms with Crippen LogP contribution in [0.1, 0.15) is 40.0 Å². The third-order valence-corrected chi connectivity index (χ3v) is 3.37. The largest absolute Gasteiger partial charge is 0.389 e. The first kappa shape index (κ1) is 11.4. The molecule has 1 N–H and O–H groups in total. The van der Waals surface area contributed by atoms with Gasteiger partial charge in [-0.1, -0.05) is 20.4 Å². The highest BCUT2D eigenvalue weighted by Crippen LogP contribution is 2.44. The molecule has 0 radical (unpaired) electrons. The van der Waals surface area contributed by atoms with Gasteiger partial charge in [-0.3, -0.25) is 0 Å². The molecule has 2 nitrogen and oxygen atoms in total. The third kappa shape index (κ3) is 2.24. The summed E-state index contributed by atoms with van der Waals surface area (Å²) in [5, 5.41) is 9.68. The second-order valence-corrected chi connectivity index (χ2v) is 5.08. The van der Waals surface area contributed by atoms with Gasteiger partial charge < -0.3 is 9.90 Å². The van der Waals surface area contributed by atoms with Gasteiger partial charge in [0.15, 0.2) is 0 Å². The summed E-state index contributed by atoms with van der Waals surface area (Å²) in [6, 6.07) is 0. The van der Waals surface area contributed by atoms with E-state index in [0.29, 0.717) is 6.42 Å². The average molecular weight is 196 g/mol. The highest BCUT2D eigenvalue weighted by Gasteiger charge is 2.38. The summed E-state index contributed by atoms with van der Waals surface area (Å²) >= 11 is 0. The minimum Gasteiger partial charge on any atom is -0.389 e. The summed E-state index contributed by atoms with van der Waals surface area (Å²) in [5.74, 6) is 0.321. The van der Waals surface area contributed by atoms with E-state index in [1.165, 1.54) is 0 Å². The van der Waals surface area contributed by atoms with Crippen molar-refractivity contribution in [1.29, 1.82) is 0 Å². The molecule has 0 bridgehead atoms. The zero-order chi connectivity index (χ0) is 10.9. The first-order valence-corrected chi connectivity index (χ1v) is 5.21. The molecule has 0 aromatic carbocycles. The van der Waals surface area contributed by atoms with Gasteiger partial charge in [-0.2, -0.15) is 0 Å². The molecule has 0 saturated heterocycles. The number of rotatable bonds is 2. The lowest BCUT2D eigenvalue weighted by molar-refractivity contribution is -0.118.